The number of likely N-dealkylation sites (N-methyl/N-ethyl adjacent to an activating group) is 1. The van der Waals surface area contributed by atoms with E-state index < -0.39 is 0 Å². The molecule has 1 heterocycles. The van der Waals surface area contributed by atoms with E-state index in [4.69, 9.17) is 5.26 Å². The second-order valence-corrected chi connectivity index (χ2v) is 3.07. The average molecular weight is 181 g/mol. The predicted octanol–water partition coefficient (Wildman–Crippen LogP) is -0.801. The highest BCUT2D eigenvalue weighted by molar-refractivity contribution is 5.85. The zero-order valence-electron chi connectivity index (χ0n) is 7.65. The maximum absolute atomic E-state index is 11.3. The highest BCUT2D eigenvalue weighted by Gasteiger charge is 2.38. The van der Waals surface area contributed by atoms with Crippen LogP contribution in [0.15, 0.2) is 0 Å². The Morgan fingerprint density at radius 1 is 1.69 bits per heavy atom. The molecule has 2 amide bonds. The van der Waals surface area contributed by atoms with Crippen molar-refractivity contribution in [1.82, 2.24) is 9.80 Å². The fourth-order valence-corrected chi connectivity index (χ4v) is 0.930. The smallest absolute Gasteiger partial charge is 0.243 e. The number of hydrogen-bond acceptors (Lipinski definition) is 3. The number of hydrogen-bond donors (Lipinski definition) is 0. The van der Waals surface area contributed by atoms with Crippen molar-refractivity contribution in [3.8, 4) is 6.07 Å². The summed E-state index contributed by atoms with van der Waals surface area (Å²) in [5, 5.41) is 8.44. The first-order valence-corrected chi connectivity index (χ1v) is 3.97. The van der Waals surface area contributed by atoms with Gasteiger partial charge in [-0.05, 0) is 0 Å². The van der Waals surface area contributed by atoms with Crippen molar-refractivity contribution in [2.24, 2.45) is 0 Å². The van der Waals surface area contributed by atoms with E-state index in [2.05, 4.69) is 0 Å². The Morgan fingerprint density at radius 3 is 2.69 bits per heavy atom. The van der Waals surface area contributed by atoms with Crippen molar-refractivity contribution in [2.45, 2.75) is 13.0 Å². The molecule has 0 bridgehead atoms. The number of rotatable bonds is 2. The summed E-state index contributed by atoms with van der Waals surface area (Å²) in [7, 11) is 1.56. The second kappa shape index (κ2) is 3.44. The molecule has 1 rings (SSSR count). The van der Waals surface area contributed by atoms with Crippen molar-refractivity contribution in [1.29, 1.82) is 5.26 Å². The molecule has 70 valence electrons. The molecular formula is C8H11N3O2. The number of amides is 2. The fourth-order valence-electron chi connectivity index (χ4n) is 0.930. The normalized spacial score (nSPS) is 19.2. The summed E-state index contributed by atoms with van der Waals surface area (Å²) < 4.78 is 0. The van der Waals surface area contributed by atoms with Gasteiger partial charge in [0.25, 0.3) is 0 Å². The minimum Gasteiger partial charge on any atom is -0.337 e. The lowest BCUT2D eigenvalue weighted by Gasteiger charge is -2.13. The van der Waals surface area contributed by atoms with Crippen molar-refractivity contribution in [3.05, 3.63) is 0 Å². The lowest BCUT2D eigenvalue weighted by Crippen LogP contribution is -2.33. The van der Waals surface area contributed by atoms with Crippen LogP contribution in [0.4, 0.5) is 0 Å². The first-order valence-electron chi connectivity index (χ1n) is 3.97. The molecule has 1 aliphatic heterocycles. The molecule has 0 saturated carbocycles. The summed E-state index contributed by atoms with van der Waals surface area (Å²) in [6.07, 6.45) is 0. The van der Waals surface area contributed by atoms with Crippen LogP contribution >= 0.6 is 0 Å². The molecule has 1 unspecified atom stereocenters. The van der Waals surface area contributed by atoms with Gasteiger partial charge in [0, 0.05) is 14.0 Å². The first-order chi connectivity index (χ1) is 6.06. The van der Waals surface area contributed by atoms with Crippen molar-refractivity contribution < 1.29 is 9.59 Å². The molecule has 1 saturated heterocycles. The van der Waals surface area contributed by atoms with E-state index in [1.807, 2.05) is 6.07 Å². The van der Waals surface area contributed by atoms with Gasteiger partial charge >= 0.3 is 0 Å². The van der Waals surface area contributed by atoms with Crippen LogP contribution < -0.4 is 0 Å². The molecular weight excluding hydrogens is 170 g/mol. The van der Waals surface area contributed by atoms with Crippen LogP contribution in [0.1, 0.15) is 6.92 Å². The van der Waals surface area contributed by atoms with Crippen molar-refractivity contribution in [3.63, 3.8) is 0 Å². The van der Waals surface area contributed by atoms with Gasteiger partial charge < -0.3 is 9.80 Å². The van der Waals surface area contributed by atoms with Gasteiger partial charge in [-0.3, -0.25) is 9.59 Å². The van der Waals surface area contributed by atoms with Gasteiger partial charge in [-0.25, -0.2) is 0 Å². The highest BCUT2D eigenvalue weighted by Crippen LogP contribution is 2.15. The molecule has 0 N–H and O–H groups in total. The van der Waals surface area contributed by atoms with E-state index in [0.29, 0.717) is 6.54 Å². The van der Waals surface area contributed by atoms with E-state index >= 15 is 0 Å². The largest absolute Gasteiger partial charge is 0.337 e. The summed E-state index contributed by atoms with van der Waals surface area (Å²) in [4.78, 5) is 24.8. The Bertz CT molecular complexity index is 282. The Balaban J connectivity index is 2.36. The summed E-state index contributed by atoms with van der Waals surface area (Å²) >= 11 is 0. The quantitative estimate of drug-likeness (QED) is 0.524. The Morgan fingerprint density at radius 2 is 2.31 bits per heavy atom. The summed E-state index contributed by atoms with van der Waals surface area (Å²) in [6, 6.07) is 1.70. The van der Waals surface area contributed by atoms with Crippen LogP contribution in [0.5, 0.6) is 0 Å². The summed E-state index contributed by atoms with van der Waals surface area (Å²) in [6.45, 7) is 1.96. The second-order valence-electron chi connectivity index (χ2n) is 3.07. The van der Waals surface area contributed by atoms with Crippen molar-refractivity contribution >= 4 is 11.8 Å². The number of carbonyl (C=O) groups excluding carboxylic acids is 2. The maximum Gasteiger partial charge on any atom is 0.243 e. The highest BCUT2D eigenvalue weighted by atomic mass is 16.2. The molecule has 1 aliphatic rings. The maximum atomic E-state index is 11.3. The molecule has 0 aromatic carbocycles. The third kappa shape index (κ3) is 2.18. The standard InChI is InChI=1S/C8H11N3O2/c1-6(12)10(2)5-8(13)11-4-7(11)3-9/h7H,4-5H2,1-2H3. The van der Waals surface area contributed by atoms with E-state index in [9.17, 15) is 9.59 Å². The number of carbonyl (C=O) groups is 2. The Hall–Kier alpha value is -1.57. The van der Waals surface area contributed by atoms with Gasteiger partial charge in [0.2, 0.25) is 11.8 Å². The molecule has 0 aromatic rings. The third-order valence-electron chi connectivity index (χ3n) is 1.99. The van der Waals surface area contributed by atoms with Gasteiger partial charge in [-0.15, -0.1) is 0 Å². The zero-order valence-corrected chi connectivity index (χ0v) is 7.65. The van der Waals surface area contributed by atoms with Crippen LogP contribution in [0, 0.1) is 11.3 Å². The molecule has 0 aromatic heterocycles. The third-order valence-corrected chi connectivity index (χ3v) is 1.99. The lowest BCUT2D eigenvalue weighted by atomic mass is 10.5. The van der Waals surface area contributed by atoms with E-state index in [-0.39, 0.29) is 24.4 Å². The summed E-state index contributed by atoms with van der Waals surface area (Å²) in [5.74, 6) is -0.312. The lowest BCUT2D eigenvalue weighted by molar-refractivity contribution is -0.135. The molecule has 0 radical (unpaired) electrons. The van der Waals surface area contributed by atoms with Gasteiger partial charge in [0.1, 0.15) is 6.04 Å². The average Bonchev–Trinajstić information content (AvgIpc) is 2.82. The SMILES string of the molecule is CC(=O)N(C)CC(=O)N1CC1C#N. The number of nitrogens with zero attached hydrogens (tertiary/aromatic N) is 3. The fraction of sp³-hybridized carbons (Fsp3) is 0.625. The van der Waals surface area contributed by atoms with Crippen LogP contribution in [0.25, 0.3) is 0 Å². The van der Waals surface area contributed by atoms with Crippen LogP contribution in [-0.4, -0.2) is 47.8 Å². The van der Waals surface area contributed by atoms with Gasteiger partial charge in [0.05, 0.1) is 19.2 Å². The van der Waals surface area contributed by atoms with E-state index in [1.54, 1.807) is 7.05 Å². The van der Waals surface area contributed by atoms with E-state index in [0.717, 1.165) is 0 Å². The molecule has 1 atom stereocenters. The van der Waals surface area contributed by atoms with Crippen molar-refractivity contribution in [2.75, 3.05) is 20.1 Å². The predicted molar refractivity (Wildman–Crippen MR) is 44.4 cm³/mol. The molecule has 5 heteroatoms. The molecule has 5 nitrogen and oxygen atoms in total. The minimum absolute atomic E-state index is 0.0630. The molecule has 13 heavy (non-hydrogen) atoms. The summed E-state index contributed by atoms with van der Waals surface area (Å²) in [5.41, 5.74) is 0. The Kier molecular flexibility index (Phi) is 2.52. The van der Waals surface area contributed by atoms with Crippen LogP contribution in [0.3, 0.4) is 0 Å². The van der Waals surface area contributed by atoms with Crippen LogP contribution in [-0.2, 0) is 9.59 Å². The topological polar surface area (TPSA) is 64.2 Å². The molecule has 0 spiro atoms. The molecule has 0 aliphatic carbocycles. The van der Waals surface area contributed by atoms with Gasteiger partial charge in [-0.2, -0.15) is 5.26 Å². The monoisotopic (exact) mass is 181 g/mol. The van der Waals surface area contributed by atoms with Gasteiger partial charge in [-0.1, -0.05) is 0 Å². The number of nitriles is 1. The Labute approximate surface area is 76.5 Å². The minimum atomic E-state index is -0.271. The zero-order chi connectivity index (χ0) is 10.0. The van der Waals surface area contributed by atoms with Gasteiger partial charge in [0.15, 0.2) is 0 Å². The first kappa shape index (κ1) is 9.52. The van der Waals surface area contributed by atoms with Crippen LogP contribution in [0.2, 0.25) is 0 Å². The van der Waals surface area contributed by atoms with E-state index in [1.165, 1.54) is 16.7 Å². The molecule has 1 fully saturated rings.